The van der Waals surface area contributed by atoms with E-state index in [1.165, 1.54) is 0 Å². The maximum Gasteiger partial charge on any atom is 0.203 e. The molecule has 1 aromatic rings. The van der Waals surface area contributed by atoms with Crippen molar-refractivity contribution in [1.29, 1.82) is 0 Å². The van der Waals surface area contributed by atoms with Crippen LogP contribution >= 0.6 is 0 Å². The summed E-state index contributed by atoms with van der Waals surface area (Å²) >= 11 is 0. The summed E-state index contributed by atoms with van der Waals surface area (Å²) in [6.07, 6.45) is 0. The molecule has 3 heteroatoms. The number of ether oxygens (including phenoxy) is 3. The molecule has 72 valence electrons. The molecule has 1 aromatic carbocycles. The van der Waals surface area contributed by atoms with Gasteiger partial charge in [-0.2, -0.15) is 0 Å². The highest BCUT2D eigenvalue weighted by atomic mass is 16.5. The van der Waals surface area contributed by atoms with Gasteiger partial charge < -0.3 is 14.2 Å². The first-order chi connectivity index (χ1) is 6.76. The van der Waals surface area contributed by atoms with E-state index in [1.54, 1.807) is 33.5 Å². The van der Waals surface area contributed by atoms with Crippen molar-refractivity contribution in [1.82, 2.24) is 0 Å². The maximum atomic E-state index is 7.26. The van der Waals surface area contributed by atoms with Gasteiger partial charge in [0.1, 0.15) is 0 Å². The van der Waals surface area contributed by atoms with Crippen LogP contribution in [-0.4, -0.2) is 21.3 Å². The fraction of sp³-hybridized carbons (Fsp3) is 0.400. The quantitative estimate of drug-likeness (QED) is 0.717. The van der Waals surface area contributed by atoms with Crippen LogP contribution in [0.15, 0.2) is 12.1 Å². The first-order valence-corrected chi connectivity index (χ1v) is 3.85. The number of aryl methyl sites for hydroxylation is 1. The van der Waals surface area contributed by atoms with Crippen molar-refractivity contribution < 1.29 is 15.6 Å². The minimum Gasteiger partial charge on any atom is -0.493 e. The average molecular weight is 183 g/mol. The molecule has 3 nitrogen and oxygen atoms in total. The van der Waals surface area contributed by atoms with E-state index in [1.807, 2.05) is 0 Å². The van der Waals surface area contributed by atoms with E-state index in [0.717, 1.165) is 5.56 Å². The summed E-state index contributed by atoms with van der Waals surface area (Å²) in [5.74, 6) is 1.75. The van der Waals surface area contributed by atoms with Gasteiger partial charge in [0.15, 0.2) is 11.5 Å². The molecule has 0 aliphatic rings. The first-order valence-electron chi connectivity index (χ1n) is 4.55. The zero-order valence-electron chi connectivity index (χ0n) is 9.09. The largest absolute Gasteiger partial charge is 0.493 e. The van der Waals surface area contributed by atoms with Crippen molar-refractivity contribution >= 4 is 0 Å². The van der Waals surface area contributed by atoms with Crippen LogP contribution in [-0.2, 0) is 0 Å². The Morgan fingerprint density at radius 1 is 1.00 bits per heavy atom. The summed E-state index contributed by atoms with van der Waals surface area (Å²) in [5.41, 5.74) is 0.833. The van der Waals surface area contributed by atoms with E-state index >= 15 is 0 Å². The molecule has 0 aliphatic carbocycles. The molecule has 0 spiro atoms. The van der Waals surface area contributed by atoms with Crippen LogP contribution in [0.1, 0.15) is 6.93 Å². The lowest BCUT2D eigenvalue weighted by Crippen LogP contribution is -1.95. The van der Waals surface area contributed by atoms with Gasteiger partial charge in [0.05, 0.1) is 21.3 Å². The molecule has 0 N–H and O–H groups in total. The maximum absolute atomic E-state index is 7.26. The fourth-order valence-electron chi connectivity index (χ4n) is 1.14. The minimum absolute atomic E-state index is 0.191. The highest BCUT2D eigenvalue weighted by molar-refractivity contribution is 5.53. The van der Waals surface area contributed by atoms with Gasteiger partial charge >= 0.3 is 0 Å². The van der Waals surface area contributed by atoms with Crippen LogP contribution in [0.4, 0.5) is 0 Å². The second-order valence-corrected chi connectivity index (χ2v) is 2.53. The van der Waals surface area contributed by atoms with Gasteiger partial charge in [0.25, 0.3) is 0 Å². The molecule has 0 amide bonds. The number of hydrogen-bond acceptors (Lipinski definition) is 3. The van der Waals surface area contributed by atoms with E-state index < -0.39 is 0 Å². The Hall–Kier alpha value is -1.38. The smallest absolute Gasteiger partial charge is 0.203 e. The van der Waals surface area contributed by atoms with Crippen LogP contribution in [0.5, 0.6) is 17.2 Å². The van der Waals surface area contributed by atoms with Crippen LogP contribution < -0.4 is 14.2 Å². The Labute approximate surface area is 79.6 Å². The average Bonchev–Trinajstić information content (AvgIpc) is 2.26. The monoisotopic (exact) mass is 183 g/mol. The van der Waals surface area contributed by atoms with Gasteiger partial charge in [-0.3, -0.25) is 0 Å². The van der Waals surface area contributed by atoms with E-state index in [9.17, 15) is 0 Å². The molecule has 0 saturated heterocycles. The molecular formula is C10H14O3. The SMILES string of the molecule is [2H]Cc1cc(OC)c(OC)c(OC)c1. The highest BCUT2D eigenvalue weighted by Crippen LogP contribution is 2.37. The number of benzene rings is 1. The predicted molar refractivity (Wildman–Crippen MR) is 50.8 cm³/mol. The summed E-state index contributed by atoms with van der Waals surface area (Å²) in [6.45, 7) is 0.191. The van der Waals surface area contributed by atoms with Crippen molar-refractivity contribution in [2.75, 3.05) is 21.3 Å². The standard InChI is InChI=1S/C10H14O3/c1-7-5-8(11-2)10(13-4)9(6-7)12-3/h5-6H,1-4H3/i1D. The molecule has 0 unspecified atom stereocenters. The second kappa shape index (κ2) is 4.03. The van der Waals surface area contributed by atoms with Crippen molar-refractivity contribution in [2.24, 2.45) is 0 Å². The van der Waals surface area contributed by atoms with Crippen LogP contribution in [0.3, 0.4) is 0 Å². The van der Waals surface area contributed by atoms with Gasteiger partial charge in [0.2, 0.25) is 5.75 Å². The summed E-state index contributed by atoms with van der Waals surface area (Å²) in [7, 11) is 4.68. The Bertz CT molecular complexity index is 287. The summed E-state index contributed by atoms with van der Waals surface area (Å²) in [5, 5.41) is 0. The Kier molecular flexibility index (Phi) is 2.55. The molecule has 13 heavy (non-hydrogen) atoms. The molecule has 1 rings (SSSR count). The van der Waals surface area contributed by atoms with E-state index in [2.05, 4.69) is 0 Å². The predicted octanol–water partition coefficient (Wildman–Crippen LogP) is 2.02. The summed E-state index contributed by atoms with van der Waals surface area (Å²) in [6, 6.07) is 3.54. The lowest BCUT2D eigenvalue weighted by atomic mass is 10.2. The summed E-state index contributed by atoms with van der Waals surface area (Å²) < 4.78 is 22.7. The topological polar surface area (TPSA) is 27.7 Å². The third-order valence-corrected chi connectivity index (χ3v) is 1.72. The zero-order valence-corrected chi connectivity index (χ0v) is 8.09. The number of methoxy groups -OCH3 is 3. The lowest BCUT2D eigenvalue weighted by molar-refractivity contribution is 0.324. The Morgan fingerprint density at radius 2 is 1.54 bits per heavy atom. The molecule has 0 radical (unpaired) electrons. The van der Waals surface area contributed by atoms with Crippen LogP contribution in [0.2, 0.25) is 0 Å². The third kappa shape index (κ3) is 1.86. The molecule has 0 heterocycles. The van der Waals surface area contributed by atoms with Gasteiger partial charge in [0, 0.05) is 1.37 Å². The van der Waals surface area contributed by atoms with Crippen LogP contribution in [0.25, 0.3) is 0 Å². The molecule has 0 aromatic heterocycles. The molecule has 0 fully saturated rings. The Morgan fingerprint density at radius 3 is 1.85 bits per heavy atom. The molecule has 0 atom stereocenters. The highest BCUT2D eigenvalue weighted by Gasteiger charge is 2.10. The van der Waals surface area contributed by atoms with Gasteiger partial charge in [-0.25, -0.2) is 0 Å². The van der Waals surface area contributed by atoms with Crippen molar-refractivity contribution in [3.8, 4) is 17.2 Å². The van der Waals surface area contributed by atoms with Crippen molar-refractivity contribution in [3.63, 3.8) is 0 Å². The van der Waals surface area contributed by atoms with E-state index in [0.29, 0.717) is 17.2 Å². The van der Waals surface area contributed by atoms with Crippen molar-refractivity contribution in [3.05, 3.63) is 17.7 Å². The van der Waals surface area contributed by atoms with Gasteiger partial charge in [-0.15, -0.1) is 0 Å². The minimum atomic E-state index is 0.191. The number of rotatable bonds is 3. The van der Waals surface area contributed by atoms with Gasteiger partial charge in [-0.05, 0) is 24.6 Å². The number of hydrogen-bond donors (Lipinski definition) is 0. The molecule has 0 saturated carbocycles. The molecule has 0 aliphatic heterocycles. The molecule has 0 bridgehead atoms. The lowest BCUT2D eigenvalue weighted by Gasteiger charge is -2.12. The fourth-order valence-corrected chi connectivity index (χ4v) is 1.14. The van der Waals surface area contributed by atoms with E-state index in [-0.39, 0.29) is 6.90 Å². The molecular weight excluding hydrogens is 168 g/mol. The zero-order chi connectivity index (χ0) is 10.6. The van der Waals surface area contributed by atoms with Gasteiger partial charge in [-0.1, -0.05) is 0 Å². The normalized spacial score (nSPS) is 10.5. The third-order valence-electron chi connectivity index (χ3n) is 1.72. The second-order valence-electron chi connectivity index (χ2n) is 2.53. The first kappa shape index (κ1) is 8.23. The Balaban J connectivity index is 3.24. The van der Waals surface area contributed by atoms with Crippen LogP contribution in [0, 0.1) is 6.90 Å². The van der Waals surface area contributed by atoms with E-state index in [4.69, 9.17) is 15.6 Å². The van der Waals surface area contributed by atoms with Crippen molar-refractivity contribution in [2.45, 2.75) is 6.90 Å². The summed E-state index contributed by atoms with van der Waals surface area (Å²) in [4.78, 5) is 0.